The van der Waals surface area contributed by atoms with Gasteiger partial charge in [0.2, 0.25) is 5.91 Å². The van der Waals surface area contributed by atoms with Gasteiger partial charge in [-0.15, -0.1) is 0 Å². The Morgan fingerprint density at radius 1 is 1.32 bits per heavy atom. The number of piperazine rings is 1. The van der Waals surface area contributed by atoms with Crippen molar-refractivity contribution in [1.29, 1.82) is 0 Å². The van der Waals surface area contributed by atoms with Crippen molar-refractivity contribution in [2.75, 3.05) is 45.2 Å². The summed E-state index contributed by atoms with van der Waals surface area (Å²) in [6.45, 7) is 2.01. The van der Waals surface area contributed by atoms with Crippen molar-refractivity contribution in [3.8, 4) is 5.75 Å². The van der Waals surface area contributed by atoms with Crippen molar-refractivity contribution in [3.63, 3.8) is 0 Å². The number of benzene rings is 1. The van der Waals surface area contributed by atoms with Gasteiger partial charge in [0.05, 0.1) is 13.2 Å². The monoisotopic (exact) mass is 414 g/mol. The Balaban J connectivity index is 1.88. The van der Waals surface area contributed by atoms with Crippen LogP contribution in [0.4, 0.5) is 14.9 Å². The summed E-state index contributed by atoms with van der Waals surface area (Å²) in [7, 11) is 2.87. The van der Waals surface area contributed by atoms with E-state index in [1.54, 1.807) is 11.0 Å². The molecule has 2 N–H and O–H groups in total. The van der Waals surface area contributed by atoms with Gasteiger partial charge in [-0.1, -0.05) is 11.6 Å². The smallest absolute Gasteiger partial charge is 0.315 e. The molecule has 1 aliphatic rings. The van der Waals surface area contributed by atoms with Crippen molar-refractivity contribution in [2.24, 2.45) is 0 Å². The highest BCUT2D eigenvalue weighted by Crippen LogP contribution is 2.32. The number of urea groups is 1. The minimum Gasteiger partial charge on any atom is -0.495 e. The Hall–Kier alpha value is -2.55. The molecule has 0 aromatic heterocycles. The molecular weight excluding hydrogens is 391 g/mol. The summed E-state index contributed by atoms with van der Waals surface area (Å²) in [5.41, 5.74) is 0.640. The molecule has 0 spiro atoms. The van der Waals surface area contributed by atoms with Crippen LogP contribution in [0.1, 0.15) is 12.8 Å². The molecule has 28 heavy (non-hydrogen) atoms. The number of ether oxygens (including phenoxy) is 1. The summed E-state index contributed by atoms with van der Waals surface area (Å²) >= 11 is 5.86. The number of aldehydes is 1. The van der Waals surface area contributed by atoms with Crippen LogP contribution in [0.15, 0.2) is 12.1 Å². The molecule has 0 radical (unpaired) electrons. The molecule has 1 saturated heterocycles. The Bertz CT molecular complexity index is 726. The van der Waals surface area contributed by atoms with Crippen LogP contribution in [0, 0.1) is 5.82 Å². The van der Waals surface area contributed by atoms with E-state index in [0.717, 1.165) is 0 Å². The van der Waals surface area contributed by atoms with E-state index >= 15 is 0 Å². The van der Waals surface area contributed by atoms with Crippen LogP contribution in [-0.4, -0.2) is 69.5 Å². The first-order valence-electron chi connectivity index (χ1n) is 8.88. The fourth-order valence-corrected chi connectivity index (χ4v) is 3.13. The molecular formula is C18H24ClFN4O4. The Kier molecular flexibility index (Phi) is 7.86. The third-order valence-electron chi connectivity index (χ3n) is 4.57. The summed E-state index contributed by atoms with van der Waals surface area (Å²) in [6, 6.07) is 1.84. The number of rotatable bonds is 7. The second-order valence-corrected chi connectivity index (χ2v) is 6.69. The molecule has 1 aromatic carbocycles. The summed E-state index contributed by atoms with van der Waals surface area (Å²) in [5.74, 6) is -0.387. The lowest BCUT2D eigenvalue weighted by Crippen LogP contribution is -2.49. The van der Waals surface area contributed by atoms with Gasteiger partial charge >= 0.3 is 6.03 Å². The Labute approximate surface area is 167 Å². The van der Waals surface area contributed by atoms with Crippen molar-refractivity contribution in [1.82, 2.24) is 15.5 Å². The highest BCUT2D eigenvalue weighted by atomic mass is 35.5. The number of carbonyl (C=O) groups is 3. The van der Waals surface area contributed by atoms with Crippen LogP contribution >= 0.6 is 11.6 Å². The van der Waals surface area contributed by atoms with Crippen molar-refractivity contribution in [3.05, 3.63) is 23.0 Å². The lowest BCUT2D eigenvalue weighted by atomic mass is 10.1. The molecule has 10 heteroatoms. The Morgan fingerprint density at radius 3 is 2.57 bits per heavy atom. The van der Waals surface area contributed by atoms with Gasteiger partial charge < -0.3 is 30.0 Å². The molecule has 1 fully saturated rings. The number of hydrogen-bond donors (Lipinski definition) is 2. The molecule has 8 nitrogen and oxygen atoms in total. The molecule has 1 unspecified atom stereocenters. The maximum absolute atomic E-state index is 13.9. The van der Waals surface area contributed by atoms with Crippen LogP contribution in [0.5, 0.6) is 5.75 Å². The molecule has 0 saturated carbocycles. The van der Waals surface area contributed by atoms with Crippen molar-refractivity contribution < 1.29 is 23.5 Å². The fourth-order valence-electron chi connectivity index (χ4n) is 2.95. The minimum absolute atomic E-state index is 0.0600. The predicted octanol–water partition coefficient (Wildman–Crippen LogP) is 1.41. The highest BCUT2D eigenvalue weighted by molar-refractivity contribution is 6.32. The van der Waals surface area contributed by atoms with E-state index in [1.807, 2.05) is 4.90 Å². The molecule has 3 amide bonds. The maximum Gasteiger partial charge on any atom is 0.315 e. The molecule has 2 rings (SSSR count). The van der Waals surface area contributed by atoms with Crippen molar-refractivity contribution in [2.45, 2.75) is 18.9 Å². The van der Waals surface area contributed by atoms with Crippen molar-refractivity contribution >= 4 is 35.5 Å². The van der Waals surface area contributed by atoms with Gasteiger partial charge in [0, 0.05) is 51.4 Å². The Morgan fingerprint density at radius 2 is 2.00 bits per heavy atom. The third kappa shape index (κ3) is 5.48. The normalized spacial score (nSPS) is 15.0. The fraction of sp³-hybridized carbons (Fsp3) is 0.500. The van der Waals surface area contributed by atoms with Gasteiger partial charge in [0.1, 0.15) is 22.9 Å². The molecule has 1 heterocycles. The molecule has 154 valence electrons. The first kappa shape index (κ1) is 21.7. The standard InChI is InChI=1S/C18H24ClFN4O4/c1-21-18(27)22-12(11-25)3-4-16(26)24-7-5-23(6-8-24)13-9-14(20)17(19)15(10-13)28-2/h9-12H,3-8H2,1-2H3,(H2,21,22,27). The van der Waals surface area contributed by atoms with Gasteiger partial charge in [-0.25, -0.2) is 9.18 Å². The quantitative estimate of drug-likeness (QED) is 0.658. The van der Waals surface area contributed by atoms with E-state index in [0.29, 0.717) is 38.2 Å². The topological polar surface area (TPSA) is 91.0 Å². The molecule has 0 aliphatic carbocycles. The van der Waals surface area contributed by atoms with E-state index in [-0.39, 0.29) is 29.5 Å². The number of methoxy groups -OCH3 is 1. The lowest BCUT2D eigenvalue weighted by molar-refractivity contribution is -0.131. The molecule has 1 aromatic rings. The zero-order valence-corrected chi connectivity index (χ0v) is 16.6. The van der Waals surface area contributed by atoms with Gasteiger partial charge in [-0.3, -0.25) is 4.79 Å². The second kappa shape index (κ2) is 10.1. The zero-order valence-electron chi connectivity index (χ0n) is 15.8. The van der Waals surface area contributed by atoms with E-state index in [1.165, 1.54) is 20.2 Å². The summed E-state index contributed by atoms with van der Waals surface area (Å²) in [5, 5.41) is 4.77. The number of nitrogens with one attached hydrogen (secondary N) is 2. The first-order chi connectivity index (χ1) is 13.4. The number of amides is 3. The van der Waals surface area contributed by atoms with E-state index in [4.69, 9.17) is 16.3 Å². The van der Waals surface area contributed by atoms with Gasteiger partial charge in [-0.2, -0.15) is 0 Å². The van der Waals surface area contributed by atoms with E-state index in [9.17, 15) is 18.8 Å². The SMILES string of the molecule is CNC(=O)NC(C=O)CCC(=O)N1CCN(c2cc(F)c(Cl)c(OC)c2)CC1. The van der Waals surface area contributed by atoms with E-state index in [2.05, 4.69) is 10.6 Å². The predicted molar refractivity (Wildman–Crippen MR) is 103 cm³/mol. The highest BCUT2D eigenvalue weighted by Gasteiger charge is 2.23. The average Bonchev–Trinajstić information content (AvgIpc) is 2.72. The molecule has 0 bridgehead atoms. The van der Waals surface area contributed by atoms with Gasteiger partial charge in [-0.05, 0) is 12.5 Å². The summed E-state index contributed by atoms with van der Waals surface area (Å²) < 4.78 is 19.0. The number of hydrogen-bond acceptors (Lipinski definition) is 5. The number of halogens is 2. The average molecular weight is 415 g/mol. The van der Waals surface area contributed by atoms with Crippen LogP contribution < -0.4 is 20.3 Å². The summed E-state index contributed by atoms with van der Waals surface area (Å²) in [6.07, 6.45) is 0.995. The van der Waals surface area contributed by atoms with Crippen LogP contribution in [-0.2, 0) is 9.59 Å². The number of anilines is 1. The molecule has 1 atom stereocenters. The zero-order chi connectivity index (χ0) is 20.7. The van der Waals surface area contributed by atoms with Crippen LogP contribution in [0.3, 0.4) is 0 Å². The maximum atomic E-state index is 13.9. The van der Waals surface area contributed by atoms with Gasteiger partial charge in [0.25, 0.3) is 0 Å². The van der Waals surface area contributed by atoms with Crippen LogP contribution in [0.25, 0.3) is 0 Å². The molecule has 1 aliphatic heterocycles. The number of nitrogens with zero attached hydrogens (tertiary/aromatic N) is 2. The minimum atomic E-state index is -0.713. The third-order valence-corrected chi connectivity index (χ3v) is 4.94. The largest absolute Gasteiger partial charge is 0.495 e. The van der Waals surface area contributed by atoms with Crippen LogP contribution in [0.2, 0.25) is 5.02 Å². The first-order valence-corrected chi connectivity index (χ1v) is 9.26. The second-order valence-electron chi connectivity index (χ2n) is 6.32. The number of carbonyl (C=O) groups excluding carboxylic acids is 3. The summed E-state index contributed by atoms with van der Waals surface area (Å²) in [4.78, 5) is 38.3. The van der Waals surface area contributed by atoms with E-state index < -0.39 is 17.9 Å². The lowest BCUT2D eigenvalue weighted by Gasteiger charge is -2.36. The van der Waals surface area contributed by atoms with Gasteiger partial charge in [0.15, 0.2) is 0 Å².